The molecule has 2 aliphatic rings. The van der Waals surface area contributed by atoms with Crippen LogP contribution in [0.15, 0.2) is 24.5 Å². The lowest BCUT2D eigenvalue weighted by Crippen LogP contribution is -2.44. The summed E-state index contributed by atoms with van der Waals surface area (Å²) in [6.45, 7) is 1.29. The summed E-state index contributed by atoms with van der Waals surface area (Å²) in [5.41, 5.74) is 5.08. The van der Waals surface area contributed by atoms with Crippen LogP contribution in [-0.2, 0) is 24.4 Å². The number of hydrogen-bond donors (Lipinski definition) is 1. The minimum absolute atomic E-state index is 0.0944. The van der Waals surface area contributed by atoms with Crippen molar-refractivity contribution in [3.8, 4) is 0 Å². The fourth-order valence-electron chi connectivity index (χ4n) is 3.59. The summed E-state index contributed by atoms with van der Waals surface area (Å²) in [5.74, 6) is -1.99. The molecule has 2 N–H and O–H groups in total. The minimum atomic E-state index is -4.44. The maximum absolute atomic E-state index is 12.8. The van der Waals surface area contributed by atoms with Crippen molar-refractivity contribution in [2.75, 3.05) is 13.1 Å². The molecule has 0 bridgehead atoms. The van der Waals surface area contributed by atoms with Crippen molar-refractivity contribution in [2.24, 2.45) is 11.7 Å². The summed E-state index contributed by atoms with van der Waals surface area (Å²) in [7, 11) is -4.44. The second-order valence-corrected chi connectivity index (χ2v) is 8.91. The summed E-state index contributed by atoms with van der Waals surface area (Å²) < 4.78 is 26.5. The van der Waals surface area contributed by atoms with E-state index in [0.29, 0.717) is 0 Å². The van der Waals surface area contributed by atoms with Crippen LogP contribution in [0.25, 0.3) is 0 Å². The summed E-state index contributed by atoms with van der Waals surface area (Å²) in [6, 6.07) is 1.04. The topological polar surface area (TPSA) is 148 Å². The molecule has 2 saturated heterocycles. The molecular weight excluding hydrogens is 400 g/mol. The van der Waals surface area contributed by atoms with Crippen molar-refractivity contribution in [2.45, 2.75) is 31.8 Å². The normalized spacial score (nSPS) is 23.1. The molecule has 3 unspecified atom stereocenters. The Bertz CT molecular complexity index is 948. The molecule has 3 atom stereocenters. The fraction of sp³-hybridized carbons (Fsp3) is 0.444. The van der Waals surface area contributed by atoms with Crippen LogP contribution in [0.5, 0.6) is 0 Å². The van der Waals surface area contributed by atoms with Gasteiger partial charge in [0, 0.05) is 24.9 Å². The third-order valence-electron chi connectivity index (χ3n) is 5.23. The van der Waals surface area contributed by atoms with Crippen LogP contribution in [0.2, 0.25) is 0 Å². The predicted octanol–water partition coefficient (Wildman–Crippen LogP) is -0.878. The third-order valence-corrected chi connectivity index (χ3v) is 6.95. The van der Waals surface area contributed by atoms with Crippen molar-refractivity contribution in [1.29, 1.82) is 0 Å². The number of aromatic nitrogens is 1. The van der Waals surface area contributed by atoms with Crippen LogP contribution < -0.4 is 5.73 Å². The highest BCUT2D eigenvalue weighted by molar-refractivity contribution is 8.04. The van der Waals surface area contributed by atoms with E-state index < -0.39 is 57.3 Å². The zero-order valence-corrected chi connectivity index (χ0v) is 16.5. The average molecular weight is 421 g/mol. The monoisotopic (exact) mass is 421 g/mol. The number of nitrogens with two attached hydrogens (primary N) is 1. The van der Waals surface area contributed by atoms with Crippen LogP contribution in [0.4, 0.5) is 0 Å². The van der Waals surface area contributed by atoms with Crippen LogP contribution >= 0.6 is 0 Å². The van der Waals surface area contributed by atoms with Gasteiger partial charge in [0.25, 0.3) is 15.1 Å². The first kappa shape index (κ1) is 21.1. The molecular formula is C18H21N4O6S. The molecule has 2 fully saturated rings. The van der Waals surface area contributed by atoms with E-state index >= 15 is 0 Å². The van der Waals surface area contributed by atoms with Crippen molar-refractivity contribution < 1.29 is 27.6 Å². The van der Waals surface area contributed by atoms with Gasteiger partial charge in [-0.25, -0.2) is 8.42 Å². The highest BCUT2D eigenvalue weighted by Gasteiger charge is 2.54. The average Bonchev–Trinajstić information content (AvgIpc) is 3.27. The summed E-state index contributed by atoms with van der Waals surface area (Å²) >= 11 is 0. The molecule has 155 valence electrons. The number of hydrogen-bond acceptors (Lipinski definition) is 7. The molecule has 2 amide bonds. The number of Topliss-reactive ketones (excluding diaryl/α,β-unsaturated/α-hetero) is 1. The Labute approximate surface area is 168 Å². The van der Waals surface area contributed by atoms with Crippen molar-refractivity contribution >= 4 is 32.7 Å². The zero-order chi connectivity index (χ0) is 21.3. The number of sulfonamides is 1. The van der Waals surface area contributed by atoms with Gasteiger partial charge in [-0.05, 0) is 25.0 Å². The smallest absolute Gasteiger partial charge is 0.293 e. The zero-order valence-electron chi connectivity index (χ0n) is 15.7. The molecule has 1 aromatic heterocycles. The quantitative estimate of drug-likeness (QED) is 0.627. The van der Waals surface area contributed by atoms with Gasteiger partial charge in [0.2, 0.25) is 11.8 Å². The molecule has 10 nitrogen and oxygen atoms in total. The molecule has 1 radical (unpaired) electrons. The van der Waals surface area contributed by atoms with E-state index in [2.05, 4.69) is 4.98 Å². The Kier molecular flexibility index (Phi) is 5.80. The molecule has 0 aliphatic carbocycles. The molecule has 2 aliphatic heterocycles. The number of rotatable bonds is 6. The number of fused-ring (bicyclic) bond motifs is 1. The number of carbonyl (C=O) groups excluding carboxylic acids is 4. The highest BCUT2D eigenvalue weighted by Crippen LogP contribution is 2.33. The lowest BCUT2D eigenvalue weighted by molar-refractivity contribution is -0.133. The Morgan fingerprint density at radius 3 is 2.72 bits per heavy atom. The minimum Gasteiger partial charge on any atom is -0.369 e. The van der Waals surface area contributed by atoms with Crippen molar-refractivity contribution in [3.05, 3.63) is 36.5 Å². The molecule has 11 heteroatoms. The molecule has 0 spiro atoms. The van der Waals surface area contributed by atoms with Crippen molar-refractivity contribution in [3.63, 3.8) is 0 Å². The molecule has 3 heterocycles. The second-order valence-electron chi connectivity index (χ2n) is 7.12. The molecule has 29 heavy (non-hydrogen) atoms. The predicted molar refractivity (Wildman–Crippen MR) is 100 cm³/mol. The number of pyridine rings is 1. The van der Waals surface area contributed by atoms with E-state index in [0.717, 1.165) is 10.5 Å². The molecule has 0 aromatic carbocycles. The van der Waals surface area contributed by atoms with Crippen LogP contribution in [0, 0.1) is 12.3 Å². The van der Waals surface area contributed by atoms with Gasteiger partial charge in [0.15, 0.2) is 5.78 Å². The maximum atomic E-state index is 12.8. The third kappa shape index (κ3) is 3.92. The fourth-order valence-corrected chi connectivity index (χ4v) is 5.10. The number of carbonyl (C=O) groups is 4. The Morgan fingerprint density at radius 2 is 2.10 bits per heavy atom. The van der Waals surface area contributed by atoms with Crippen LogP contribution in [-0.4, -0.2) is 70.5 Å². The number of ketones is 1. The van der Waals surface area contributed by atoms with E-state index in [4.69, 9.17) is 5.73 Å². The highest BCUT2D eigenvalue weighted by atomic mass is 32.2. The lowest BCUT2D eigenvalue weighted by atomic mass is 10.0. The van der Waals surface area contributed by atoms with E-state index in [1.165, 1.54) is 29.7 Å². The van der Waals surface area contributed by atoms with E-state index in [9.17, 15) is 27.6 Å². The van der Waals surface area contributed by atoms with Gasteiger partial charge >= 0.3 is 0 Å². The first-order valence-electron chi connectivity index (χ1n) is 9.06. The van der Waals surface area contributed by atoms with Gasteiger partial charge in [-0.2, -0.15) is 4.31 Å². The van der Waals surface area contributed by atoms with Crippen LogP contribution in [0.1, 0.15) is 30.1 Å². The second kappa shape index (κ2) is 7.99. The lowest BCUT2D eigenvalue weighted by Gasteiger charge is -2.24. The van der Waals surface area contributed by atoms with Gasteiger partial charge < -0.3 is 10.6 Å². The first-order valence-corrected chi connectivity index (χ1v) is 10.5. The van der Waals surface area contributed by atoms with E-state index in [1.807, 2.05) is 0 Å². The van der Waals surface area contributed by atoms with Crippen molar-refractivity contribution in [1.82, 2.24) is 14.2 Å². The SMILES string of the molecule is CC(C[CH]C(=O)N1CCC2C1C(=O)CN2S(=O)(=O)C(=O)c1cccnc1)C(N)=O. The Morgan fingerprint density at radius 1 is 1.38 bits per heavy atom. The van der Waals surface area contributed by atoms with Gasteiger partial charge in [-0.1, -0.05) is 6.92 Å². The largest absolute Gasteiger partial charge is 0.369 e. The van der Waals surface area contributed by atoms with Gasteiger partial charge in [-0.3, -0.25) is 24.2 Å². The maximum Gasteiger partial charge on any atom is 0.293 e. The standard InChI is InChI=1S/C18H21N4O6S/c1-11(17(19)25)4-5-15(24)21-8-6-13-16(21)14(23)10-22(13)29(27,28)18(26)12-3-2-7-20-9-12/h2-3,5,7,9,11,13,16H,4,6,8,10H2,1H3,(H2,19,25). The van der Waals surface area contributed by atoms with Gasteiger partial charge in [-0.15, -0.1) is 0 Å². The Balaban J connectivity index is 1.75. The molecule has 1 aromatic rings. The Hall–Kier alpha value is -2.66. The number of amides is 2. The van der Waals surface area contributed by atoms with Crippen LogP contribution in [0.3, 0.4) is 0 Å². The number of nitrogens with zero attached hydrogens (tertiary/aromatic N) is 3. The summed E-state index contributed by atoms with van der Waals surface area (Å²) in [6.07, 6.45) is 4.20. The summed E-state index contributed by atoms with van der Waals surface area (Å²) in [5, 5.41) is -1.13. The van der Waals surface area contributed by atoms with Gasteiger partial charge in [0.05, 0.1) is 24.6 Å². The summed E-state index contributed by atoms with van der Waals surface area (Å²) in [4.78, 5) is 53.7. The number of primary amides is 1. The number of likely N-dealkylation sites (tertiary alicyclic amines) is 1. The van der Waals surface area contributed by atoms with E-state index in [-0.39, 0.29) is 24.9 Å². The molecule has 3 rings (SSSR count). The van der Waals surface area contributed by atoms with E-state index in [1.54, 1.807) is 6.92 Å². The van der Waals surface area contributed by atoms with Gasteiger partial charge in [0.1, 0.15) is 6.04 Å². The molecule has 0 saturated carbocycles. The first-order chi connectivity index (χ1) is 13.6.